The largest absolute Gasteiger partial charge is 0.434 e. The van der Waals surface area contributed by atoms with Crippen LogP contribution in [0.3, 0.4) is 0 Å². The second kappa shape index (κ2) is 8.06. The summed E-state index contributed by atoms with van der Waals surface area (Å²) in [5.41, 5.74) is -0.444. The summed E-state index contributed by atoms with van der Waals surface area (Å²) in [5, 5.41) is 15.7. The highest BCUT2D eigenvalue weighted by atomic mass is 35.5. The third-order valence-electron chi connectivity index (χ3n) is 5.17. The van der Waals surface area contributed by atoms with Crippen LogP contribution in [0.5, 0.6) is 11.6 Å². The van der Waals surface area contributed by atoms with Gasteiger partial charge in [-0.15, -0.1) is 5.10 Å². The Morgan fingerprint density at radius 2 is 1.94 bits per heavy atom. The number of rotatable bonds is 3. The molecule has 1 atom stereocenters. The van der Waals surface area contributed by atoms with Crippen molar-refractivity contribution in [1.29, 1.82) is 5.26 Å². The van der Waals surface area contributed by atoms with Crippen LogP contribution in [0.15, 0.2) is 32.7 Å². The minimum Gasteiger partial charge on any atom is -0.434 e. The number of halogens is 2. The molecule has 0 spiro atoms. The van der Waals surface area contributed by atoms with E-state index in [4.69, 9.17) is 33.2 Å². The number of hydrogen-bond donors (Lipinski definition) is 2. The van der Waals surface area contributed by atoms with E-state index in [-0.39, 0.29) is 44.4 Å². The molecule has 1 aliphatic carbocycles. The molecule has 0 aliphatic heterocycles. The Bertz CT molecular complexity index is 1390. The fraction of sp³-hybridized carbons (Fsp3) is 0.250. The van der Waals surface area contributed by atoms with Gasteiger partial charge < -0.3 is 4.74 Å². The molecule has 2 aromatic heterocycles. The summed E-state index contributed by atoms with van der Waals surface area (Å²) < 4.78 is 6.93. The van der Waals surface area contributed by atoms with Crippen molar-refractivity contribution in [3.8, 4) is 23.4 Å². The van der Waals surface area contributed by atoms with Crippen LogP contribution in [0.25, 0.3) is 5.69 Å². The Morgan fingerprint density at radius 1 is 1.23 bits per heavy atom. The number of ether oxygens (including phenoxy) is 1. The van der Waals surface area contributed by atoms with Gasteiger partial charge in [-0.3, -0.25) is 19.1 Å². The molecule has 0 saturated heterocycles. The number of hydrogen-bond acceptors (Lipinski definition) is 6. The predicted molar refractivity (Wildman–Crippen MR) is 114 cm³/mol. The Kier molecular flexibility index (Phi) is 5.43. The minimum absolute atomic E-state index is 0.0738. The van der Waals surface area contributed by atoms with Gasteiger partial charge in [-0.2, -0.15) is 5.26 Å². The van der Waals surface area contributed by atoms with E-state index >= 15 is 0 Å². The highest BCUT2D eigenvalue weighted by Gasteiger charge is 2.25. The lowest BCUT2D eigenvalue weighted by Gasteiger charge is -2.22. The van der Waals surface area contributed by atoms with E-state index in [1.807, 2.05) is 6.92 Å². The van der Waals surface area contributed by atoms with Crippen molar-refractivity contribution in [3.63, 3.8) is 0 Å². The van der Waals surface area contributed by atoms with Crippen molar-refractivity contribution < 1.29 is 4.74 Å². The second-order valence-corrected chi connectivity index (χ2v) is 7.98. The Balaban J connectivity index is 1.78. The fourth-order valence-electron chi connectivity index (χ4n) is 3.68. The molecule has 9 nitrogen and oxygen atoms in total. The molecule has 1 aromatic carbocycles. The van der Waals surface area contributed by atoms with Crippen molar-refractivity contribution in [1.82, 2.24) is 19.7 Å². The zero-order valence-electron chi connectivity index (χ0n) is 16.2. The molecule has 0 radical (unpaired) electrons. The summed E-state index contributed by atoms with van der Waals surface area (Å²) >= 11 is 12.7. The Hall–Kier alpha value is -3.35. The molecule has 1 aliphatic rings. The molecular formula is C20H15Cl2N5O4. The smallest absolute Gasteiger partial charge is 0.332 e. The van der Waals surface area contributed by atoms with Crippen LogP contribution in [0.4, 0.5) is 0 Å². The van der Waals surface area contributed by atoms with Gasteiger partial charge >= 0.3 is 5.69 Å². The minimum atomic E-state index is -0.788. The summed E-state index contributed by atoms with van der Waals surface area (Å²) in [4.78, 5) is 38.1. The van der Waals surface area contributed by atoms with E-state index in [9.17, 15) is 14.4 Å². The van der Waals surface area contributed by atoms with Gasteiger partial charge in [0, 0.05) is 17.3 Å². The van der Waals surface area contributed by atoms with Crippen LogP contribution in [0, 0.1) is 11.3 Å². The van der Waals surface area contributed by atoms with Crippen molar-refractivity contribution in [3.05, 3.63) is 76.3 Å². The lowest BCUT2D eigenvalue weighted by Crippen LogP contribution is -2.30. The lowest BCUT2D eigenvalue weighted by molar-refractivity contribution is 0.435. The highest BCUT2D eigenvalue weighted by Crippen LogP contribution is 2.40. The van der Waals surface area contributed by atoms with Crippen LogP contribution < -0.4 is 21.5 Å². The normalized spacial score (nSPS) is 15.2. The number of nitrogens with zero attached hydrogens (tertiary/aromatic N) is 3. The first-order chi connectivity index (χ1) is 14.8. The number of nitriles is 1. The summed E-state index contributed by atoms with van der Waals surface area (Å²) in [6, 6.07) is 4.53. The molecule has 0 bridgehead atoms. The van der Waals surface area contributed by atoms with E-state index in [1.54, 1.807) is 6.07 Å². The third-order valence-corrected chi connectivity index (χ3v) is 5.73. The summed E-state index contributed by atoms with van der Waals surface area (Å²) in [7, 11) is 0. The van der Waals surface area contributed by atoms with Gasteiger partial charge in [0.05, 0.1) is 15.7 Å². The molecule has 2 heterocycles. The number of benzene rings is 1. The first-order valence-corrected chi connectivity index (χ1v) is 10.1. The summed E-state index contributed by atoms with van der Waals surface area (Å²) in [6.45, 7) is 1.98. The molecule has 2 N–H and O–H groups in total. The predicted octanol–water partition coefficient (Wildman–Crippen LogP) is 3.02. The second-order valence-electron chi connectivity index (χ2n) is 7.17. The van der Waals surface area contributed by atoms with Crippen LogP contribution in [0.2, 0.25) is 10.0 Å². The maximum absolute atomic E-state index is 12.2. The number of fused-ring (bicyclic) bond motifs is 1. The van der Waals surface area contributed by atoms with Crippen molar-refractivity contribution in [2.75, 3.05) is 0 Å². The van der Waals surface area contributed by atoms with Crippen LogP contribution in [0.1, 0.15) is 42.4 Å². The third kappa shape index (κ3) is 3.76. The molecule has 3 aromatic rings. The molecule has 0 amide bonds. The molecule has 0 fully saturated rings. The summed E-state index contributed by atoms with van der Waals surface area (Å²) in [5.74, 6) is 0.392. The van der Waals surface area contributed by atoms with Crippen molar-refractivity contribution >= 4 is 23.2 Å². The molecule has 0 saturated carbocycles. The molecule has 31 heavy (non-hydrogen) atoms. The summed E-state index contributed by atoms with van der Waals surface area (Å²) in [6.07, 6.45) is 3.54. The monoisotopic (exact) mass is 459 g/mol. The highest BCUT2D eigenvalue weighted by molar-refractivity contribution is 6.37. The maximum Gasteiger partial charge on any atom is 0.332 e. The number of H-pyrrole nitrogens is 2. The van der Waals surface area contributed by atoms with Crippen LogP contribution in [-0.2, 0) is 6.42 Å². The standard InChI is InChI=1S/C20H15Cl2N5O4/c1-9-3-2-4-12-15(9)18(29)25-26-19(12)31-16-13(21)5-11(6-14(16)22)27-8-10(7-23)17(28)24-20(27)30/h5-6,8-9H,2-4H2,1H3,(H,25,29)(H,24,28,30). The van der Waals surface area contributed by atoms with Gasteiger partial charge in [-0.05, 0) is 37.3 Å². The van der Waals surface area contributed by atoms with Gasteiger partial charge in [0.25, 0.3) is 11.1 Å². The van der Waals surface area contributed by atoms with E-state index < -0.39 is 11.2 Å². The van der Waals surface area contributed by atoms with Gasteiger partial charge in [-0.1, -0.05) is 30.1 Å². The van der Waals surface area contributed by atoms with Crippen molar-refractivity contribution in [2.45, 2.75) is 32.1 Å². The first-order valence-electron chi connectivity index (χ1n) is 9.35. The van der Waals surface area contributed by atoms with Gasteiger partial charge in [0.2, 0.25) is 5.88 Å². The maximum atomic E-state index is 12.2. The number of nitrogens with one attached hydrogen (secondary N) is 2. The fourth-order valence-corrected chi connectivity index (χ4v) is 4.23. The topological polar surface area (TPSA) is 134 Å². The van der Waals surface area contributed by atoms with Gasteiger partial charge in [-0.25, -0.2) is 9.89 Å². The molecule has 1 unspecified atom stereocenters. The van der Waals surface area contributed by atoms with Crippen molar-refractivity contribution in [2.24, 2.45) is 0 Å². The first kappa shape index (κ1) is 20.9. The van der Waals surface area contributed by atoms with Crippen LogP contribution in [-0.4, -0.2) is 19.7 Å². The average molecular weight is 460 g/mol. The lowest BCUT2D eigenvalue weighted by atomic mass is 9.85. The average Bonchev–Trinajstić information content (AvgIpc) is 2.72. The molecule has 11 heteroatoms. The Morgan fingerprint density at radius 3 is 2.61 bits per heavy atom. The molecule has 4 rings (SSSR count). The zero-order chi connectivity index (χ0) is 22.3. The van der Waals surface area contributed by atoms with E-state index in [1.165, 1.54) is 12.1 Å². The van der Waals surface area contributed by atoms with E-state index in [0.29, 0.717) is 17.5 Å². The van der Waals surface area contributed by atoms with Crippen LogP contribution >= 0.6 is 23.2 Å². The zero-order valence-corrected chi connectivity index (χ0v) is 17.7. The quantitative estimate of drug-likeness (QED) is 0.617. The number of aromatic nitrogens is 4. The molecular weight excluding hydrogens is 445 g/mol. The number of aromatic amines is 2. The molecule has 158 valence electrons. The van der Waals surface area contributed by atoms with Gasteiger partial charge in [0.15, 0.2) is 5.75 Å². The van der Waals surface area contributed by atoms with Gasteiger partial charge in [0.1, 0.15) is 11.6 Å². The van der Waals surface area contributed by atoms with E-state index in [0.717, 1.165) is 23.6 Å². The van der Waals surface area contributed by atoms with E-state index in [2.05, 4.69) is 15.2 Å². The Labute approximate surface area is 184 Å². The SMILES string of the molecule is CC1CCCc2c(Oc3c(Cl)cc(-n4cc(C#N)c(=O)[nH]c4=O)cc3Cl)n[nH]c(=O)c21.